The van der Waals surface area contributed by atoms with Crippen LogP contribution in [-0.4, -0.2) is 37.0 Å². The summed E-state index contributed by atoms with van der Waals surface area (Å²) in [5.41, 5.74) is 2.68. The highest BCUT2D eigenvalue weighted by Crippen LogP contribution is 2.19. The number of hydrogen-bond acceptors (Lipinski definition) is 5. The third-order valence-corrected chi connectivity index (χ3v) is 4.83. The van der Waals surface area contributed by atoms with Gasteiger partial charge in [-0.1, -0.05) is 42.0 Å². The summed E-state index contributed by atoms with van der Waals surface area (Å²) in [6.07, 6.45) is 2.76. The van der Waals surface area contributed by atoms with Crippen LogP contribution in [0, 0.1) is 6.92 Å². The Morgan fingerprint density at radius 2 is 1.58 bits per heavy atom. The first kappa shape index (κ1) is 25.6. The molecule has 0 saturated heterocycles. The molecule has 2 rings (SSSR count). The highest BCUT2D eigenvalue weighted by atomic mass is 16.5. The van der Waals surface area contributed by atoms with Crippen LogP contribution in [0.1, 0.15) is 49.9 Å². The Morgan fingerprint density at radius 1 is 0.939 bits per heavy atom. The van der Waals surface area contributed by atoms with E-state index < -0.39 is 29.9 Å². The van der Waals surface area contributed by atoms with Gasteiger partial charge in [-0.05, 0) is 57.0 Å². The number of amides is 2. The molecule has 2 amide bonds. The van der Waals surface area contributed by atoms with E-state index in [1.807, 2.05) is 43.3 Å². The van der Waals surface area contributed by atoms with Crippen LogP contribution in [-0.2, 0) is 19.1 Å². The topological polar surface area (TPSA) is 93.7 Å². The molecule has 0 aliphatic carbocycles. The molecule has 7 nitrogen and oxygen atoms in total. The monoisotopic (exact) mass is 452 g/mol. The van der Waals surface area contributed by atoms with Crippen molar-refractivity contribution >= 4 is 23.9 Å². The summed E-state index contributed by atoms with van der Waals surface area (Å²) in [6.45, 7) is 7.09. The van der Waals surface area contributed by atoms with Crippen molar-refractivity contribution in [3.05, 3.63) is 71.3 Å². The molecule has 0 heterocycles. The second-order valence-electron chi connectivity index (χ2n) is 8.05. The maximum Gasteiger partial charge on any atom is 0.308 e. The largest absolute Gasteiger partial charge is 0.497 e. The smallest absolute Gasteiger partial charge is 0.308 e. The van der Waals surface area contributed by atoms with E-state index in [0.29, 0.717) is 0 Å². The first-order chi connectivity index (χ1) is 15.7. The van der Waals surface area contributed by atoms with E-state index in [0.717, 1.165) is 22.4 Å². The van der Waals surface area contributed by atoms with Crippen LogP contribution in [0.3, 0.4) is 0 Å². The van der Waals surface area contributed by atoms with Crippen molar-refractivity contribution in [3.63, 3.8) is 0 Å². The van der Waals surface area contributed by atoms with Gasteiger partial charge in [-0.25, -0.2) is 0 Å². The van der Waals surface area contributed by atoms with E-state index in [-0.39, 0.29) is 12.5 Å². The second-order valence-corrected chi connectivity index (χ2v) is 8.05. The van der Waals surface area contributed by atoms with Crippen LogP contribution in [0.25, 0.3) is 6.08 Å². The second kappa shape index (κ2) is 12.4. The molecule has 2 atom stereocenters. The van der Waals surface area contributed by atoms with Crippen molar-refractivity contribution in [2.45, 2.75) is 52.3 Å². The molecule has 0 bridgehead atoms. The summed E-state index contributed by atoms with van der Waals surface area (Å²) >= 11 is 0. The van der Waals surface area contributed by atoms with E-state index in [9.17, 15) is 14.4 Å². The molecule has 2 aromatic rings. The Balaban J connectivity index is 2.00. The third-order valence-electron chi connectivity index (χ3n) is 4.83. The zero-order valence-corrected chi connectivity index (χ0v) is 19.8. The number of methoxy groups -OCH3 is 1. The number of benzene rings is 2. The lowest BCUT2D eigenvalue weighted by atomic mass is 10.0. The fourth-order valence-corrected chi connectivity index (χ4v) is 3.04. The Morgan fingerprint density at radius 3 is 2.15 bits per heavy atom. The molecule has 0 spiro atoms. The van der Waals surface area contributed by atoms with Gasteiger partial charge >= 0.3 is 5.97 Å². The standard InChI is InChI=1S/C26H32N2O5/c1-17(2)33-25(30)16-23(21-11-6-18(3)7-12-21)28-26(31)19(4)27-24(29)15-10-20-8-13-22(32-5)14-9-20/h6-15,17,19,23H,16H2,1-5H3,(H,27,29)(H,28,31)/b15-10+. The number of hydrogen-bond donors (Lipinski definition) is 2. The maximum absolute atomic E-state index is 12.8. The van der Waals surface area contributed by atoms with Gasteiger partial charge in [0, 0.05) is 6.08 Å². The highest BCUT2D eigenvalue weighted by Gasteiger charge is 2.23. The molecule has 7 heteroatoms. The van der Waals surface area contributed by atoms with Gasteiger partial charge in [0.05, 0.1) is 25.7 Å². The van der Waals surface area contributed by atoms with Gasteiger partial charge in [-0.2, -0.15) is 0 Å². The van der Waals surface area contributed by atoms with Crippen molar-refractivity contribution in [2.24, 2.45) is 0 Å². The lowest BCUT2D eigenvalue weighted by Crippen LogP contribution is -2.45. The molecule has 2 aromatic carbocycles. The summed E-state index contributed by atoms with van der Waals surface area (Å²) in [7, 11) is 1.58. The molecule has 0 aliphatic rings. The minimum atomic E-state index is -0.799. The van der Waals surface area contributed by atoms with Gasteiger partial charge in [-0.15, -0.1) is 0 Å². The predicted octanol–water partition coefficient (Wildman–Crippen LogP) is 3.72. The van der Waals surface area contributed by atoms with Gasteiger partial charge in [-0.3, -0.25) is 14.4 Å². The van der Waals surface area contributed by atoms with E-state index in [2.05, 4.69) is 10.6 Å². The number of ether oxygens (including phenoxy) is 2. The van der Waals surface area contributed by atoms with Crippen LogP contribution in [0.4, 0.5) is 0 Å². The van der Waals surface area contributed by atoms with Gasteiger partial charge in [0.2, 0.25) is 11.8 Å². The molecule has 0 saturated carbocycles. The van der Waals surface area contributed by atoms with Gasteiger partial charge < -0.3 is 20.1 Å². The van der Waals surface area contributed by atoms with Crippen LogP contribution in [0.5, 0.6) is 5.75 Å². The molecule has 0 fully saturated rings. The molecule has 0 radical (unpaired) electrons. The van der Waals surface area contributed by atoms with Crippen molar-refractivity contribution in [3.8, 4) is 5.75 Å². The highest BCUT2D eigenvalue weighted by molar-refractivity contribution is 5.95. The fourth-order valence-electron chi connectivity index (χ4n) is 3.04. The Labute approximate surface area is 195 Å². The normalized spacial score (nSPS) is 12.8. The first-order valence-electron chi connectivity index (χ1n) is 10.9. The summed E-state index contributed by atoms with van der Waals surface area (Å²) in [4.78, 5) is 37.3. The molecule has 33 heavy (non-hydrogen) atoms. The Kier molecular flexibility index (Phi) is 9.66. The molecule has 2 N–H and O–H groups in total. The number of esters is 1. The minimum Gasteiger partial charge on any atom is -0.497 e. The van der Waals surface area contributed by atoms with E-state index in [4.69, 9.17) is 9.47 Å². The van der Waals surface area contributed by atoms with Crippen LogP contribution >= 0.6 is 0 Å². The fraction of sp³-hybridized carbons (Fsp3) is 0.346. The van der Waals surface area contributed by atoms with Crippen LogP contribution in [0.2, 0.25) is 0 Å². The van der Waals surface area contributed by atoms with Crippen LogP contribution in [0.15, 0.2) is 54.6 Å². The molecule has 176 valence electrons. The molecule has 0 aliphatic heterocycles. The maximum atomic E-state index is 12.8. The number of carbonyl (C=O) groups is 3. The number of rotatable bonds is 10. The number of carbonyl (C=O) groups excluding carboxylic acids is 3. The Bertz CT molecular complexity index is 965. The summed E-state index contributed by atoms with van der Waals surface area (Å²) in [6, 6.07) is 13.4. The summed E-state index contributed by atoms with van der Waals surface area (Å²) < 4.78 is 10.4. The van der Waals surface area contributed by atoms with Crippen molar-refractivity contribution in [1.82, 2.24) is 10.6 Å². The molecule has 0 aromatic heterocycles. The van der Waals surface area contributed by atoms with Crippen molar-refractivity contribution in [1.29, 1.82) is 0 Å². The molecular formula is C26H32N2O5. The SMILES string of the molecule is COc1ccc(/C=C/C(=O)NC(C)C(=O)NC(CC(=O)OC(C)C)c2ccc(C)cc2)cc1. The van der Waals surface area contributed by atoms with Crippen molar-refractivity contribution in [2.75, 3.05) is 7.11 Å². The lowest BCUT2D eigenvalue weighted by Gasteiger charge is -2.22. The van der Waals surface area contributed by atoms with Crippen molar-refractivity contribution < 1.29 is 23.9 Å². The van der Waals surface area contributed by atoms with Gasteiger partial charge in [0.1, 0.15) is 11.8 Å². The number of aryl methyl sites for hydroxylation is 1. The van der Waals surface area contributed by atoms with E-state index >= 15 is 0 Å². The van der Waals surface area contributed by atoms with E-state index in [1.165, 1.54) is 6.08 Å². The van der Waals surface area contributed by atoms with Gasteiger partial charge in [0.15, 0.2) is 0 Å². The zero-order valence-electron chi connectivity index (χ0n) is 19.8. The summed E-state index contributed by atoms with van der Waals surface area (Å²) in [5, 5.41) is 5.50. The number of nitrogens with one attached hydrogen (secondary N) is 2. The first-order valence-corrected chi connectivity index (χ1v) is 10.9. The van der Waals surface area contributed by atoms with Crippen LogP contribution < -0.4 is 15.4 Å². The zero-order chi connectivity index (χ0) is 24.4. The predicted molar refractivity (Wildman–Crippen MR) is 128 cm³/mol. The average Bonchev–Trinajstić information content (AvgIpc) is 2.77. The third kappa shape index (κ3) is 8.80. The summed E-state index contributed by atoms with van der Waals surface area (Å²) in [5.74, 6) is -0.485. The molecular weight excluding hydrogens is 420 g/mol. The minimum absolute atomic E-state index is 0.00891. The lowest BCUT2D eigenvalue weighted by molar-refractivity contribution is -0.148. The Hall–Kier alpha value is -3.61. The van der Waals surface area contributed by atoms with E-state index in [1.54, 1.807) is 46.1 Å². The average molecular weight is 453 g/mol. The quantitative estimate of drug-likeness (QED) is 0.423. The molecule has 2 unspecified atom stereocenters. The van der Waals surface area contributed by atoms with Gasteiger partial charge in [0.25, 0.3) is 0 Å².